The van der Waals surface area contributed by atoms with E-state index in [0.717, 1.165) is 19.3 Å². The summed E-state index contributed by atoms with van der Waals surface area (Å²) in [5, 5.41) is 12.1. The third-order valence-corrected chi connectivity index (χ3v) is 4.05. The molecule has 0 aliphatic carbocycles. The first kappa shape index (κ1) is 18.9. The van der Waals surface area contributed by atoms with Gasteiger partial charge in [-0.05, 0) is 37.5 Å². The fourth-order valence-electron chi connectivity index (χ4n) is 2.77. The number of hydrogen-bond acceptors (Lipinski definition) is 5. The van der Waals surface area contributed by atoms with Crippen molar-refractivity contribution in [2.75, 3.05) is 27.6 Å². The van der Waals surface area contributed by atoms with Crippen LogP contribution in [0.5, 0.6) is 11.5 Å². The van der Waals surface area contributed by atoms with E-state index in [1.165, 1.54) is 19.1 Å². The molecule has 1 aromatic carbocycles. The SMILES string of the molecule is COCOc1ccc(C(=O)NC2CCCCCN2C(=O)O)cc1OC. The highest BCUT2D eigenvalue weighted by atomic mass is 16.7. The molecule has 0 aromatic heterocycles. The molecule has 0 saturated carbocycles. The molecule has 25 heavy (non-hydrogen) atoms. The maximum absolute atomic E-state index is 12.5. The molecule has 1 unspecified atom stereocenters. The zero-order valence-corrected chi connectivity index (χ0v) is 14.5. The van der Waals surface area contributed by atoms with E-state index in [4.69, 9.17) is 14.2 Å². The third kappa shape index (κ3) is 4.99. The number of nitrogens with one attached hydrogen (secondary N) is 1. The zero-order valence-electron chi connectivity index (χ0n) is 14.5. The Morgan fingerprint density at radius 3 is 2.72 bits per heavy atom. The Balaban J connectivity index is 2.12. The molecule has 0 radical (unpaired) electrons. The molecule has 1 aromatic rings. The first-order valence-corrected chi connectivity index (χ1v) is 8.17. The van der Waals surface area contributed by atoms with Crippen LogP contribution in [-0.4, -0.2) is 55.7 Å². The quantitative estimate of drug-likeness (QED) is 0.763. The van der Waals surface area contributed by atoms with Crippen LogP contribution in [0.4, 0.5) is 4.79 Å². The summed E-state index contributed by atoms with van der Waals surface area (Å²) in [6.45, 7) is 0.491. The highest BCUT2D eigenvalue weighted by Crippen LogP contribution is 2.28. The van der Waals surface area contributed by atoms with Crippen molar-refractivity contribution in [3.63, 3.8) is 0 Å². The number of benzene rings is 1. The molecule has 2 rings (SSSR count). The number of methoxy groups -OCH3 is 2. The van der Waals surface area contributed by atoms with Gasteiger partial charge in [0.1, 0.15) is 6.17 Å². The van der Waals surface area contributed by atoms with Crippen LogP contribution < -0.4 is 14.8 Å². The van der Waals surface area contributed by atoms with Crippen LogP contribution in [0.3, 0.4) is 0 Å². The fourth-order valence-corrected chi connectivity index (χ4v) is 2.77. The summed E-state index contributed by atoms with van der Waals surface area (Å²) in [5.74, 6) is 0.512. The van der Waals surface area contributed by atoms with Crippen molar-refractivity contribution in [1.82, 2.24) is 10.2 Å². The van der Waals surface area contributed by atoms with Crippen LogP contribution in [0.1, 0.15) is 36.0 Å². The summed E-state index contributed by atoms with van der Waals surface area (Å²) in [4.78, 5) is 25.2. The van der Waals surface area contributed by atoms with Gasteiger partial charge in [0.2, 0.25) is 0 Å². The predicted molar refractivity (Wildman–Crippen MR) is 90.0 cm³/mol. The van der Waals surface area contributed by atoms with Crippen molar-refractivity contribution in [2.45, 2.75) is 31.8 Å². The van der Waals surface area contributed by atoms with Gasteiger partial charge in [-0.15, -0.1) is 0 Å². The van der Waals surface area contributed by atoms with E-state index in [2.05, 4.69) is 5.32 Å². The molecule has 1 atom stereocenters. The number of carbonyl (C=O) groups excluding carboxylic acids is 1. The number of carbonyl (C=O) groups is 2. The maximum Gasteiger partial charge on any atom is 0.408 e. The molecular weight excluding hydrogens is 328 g/mol. The van der Waals surface area contributed by atoms with E-state index in [-0.39, 0.29) is 12.7 Å². The van der Waals surface area contributed by atoms with Gasteiger partial charge in [0.05, 0.1) is 7.11 Å². The Labute approximate surface area is 146 Å². The molecule has 8 heteroatoms. The number of nitrogens with zero attached hydrogens (tertiary/aromatic N) is 1. The molecule has 0 bridgehead atoms. The largest absolute Gasteiger partial charge is 0.493 e. The summed E-state index contributed by atoms with van der Waals surface area (Å²) in [6.07, 6.45) is 1.69. The van der Waals surface area contributed by atoms with Gasteiger partial charge >= 0.3 is 6.09 Å². The lowest BCUT2D eigenvalue weighted by Crippen LogP contribution is -2.50. The van der Waals surface area contributed by atoms with Crippen LogP contribution in [0.2, 0.25) is 0 Å². The molecule has 2 N–H and O–H groups in total. The summed E-state index contributed by atoms with van der Waals surface area (Å²) < 4.78 is 15.5. The molecule has 138 valence electrons. The summed E-state index contributed by atoms with van der Waals surface area (Å²) >= 11 is 0. The average Bonchev–Trinajstić information content (AvgIpc) is 2.85. The number of carboxylic acid groups (broad SMARTS) is 1. The Morgan fingerprint density at radius 1 is 1.24 bits per heavy atom. The van der Waals surface area contributed by atoms with Crippen molar-refractivity contribution < 1.29 is 28.9 Å². The van der Waals surface area contributed by atoms with E-state index in [9.17, 15) is 14.7 Å². The Morgan fingerprint density at radius 2 is 2.04 bits per heavy atom. The number of likely N-dealkylation sites (tertiary alicyclic amines) is 1. The minimum absolute atomic E-state index is 0.0670. The van der Waals surface area contributed by atoms with Crippen molar-refractivity contribution in [3.05, 3.63) is 23.8 Å². The maximum atomic E-state index is 12.5. The predicted octanol–water partition coefficient (Wildman–Crippen LogP) is 2.29. The van der Waals surface area contributed by atoms with Crippen molar-refractivity contribution >= 4 is 12.0 Å². The molecule has 1 heterocycles. The van der Waals surface area contributed by atoms with Gasteiger partial charge in [0, 0.05) is 19.2 Å². The van der Waals surface area contributed by atoms with Gasteiger partial charge in [-0.3, -0.25) is 9.69 Å². The van der Waals surface area contributed by atoms with E-state index < -0.39 is 12.3 Å². The van der Waals surface area contributed by atoms with E-state index in [1.807, 2.05) is 0 Å². The summed E-state index contributed by atoms with van der Waals surface area (Å²) in [6, 6.07) is 4.78. The number of amides is 2. The van der Waals surface area contributed by atoms with Gasteiger partial charge in [0.25, 0.3) is 5.91 Å². The normalized spacial score (nSPS) is 17.5. The van der Waals surface area contributed by atoms with E-state index >= 15 is 0 Å². The van der Waals surface area contributed by atoms with Gasteiger partial charge < -0.3 is 24.6 Å². The molecule has 1 aliphatic heterocycles. The topological polar surface area (TPSA) is 97.3 Å². The molecule has 1 saturated heterocycles. The van der Waals surface area contributed by atoms with Crippen molar-refractivity contribution in [2.24, 2.45) is 0 Å². The Kier molecular flexibility index (Phi) is 6.88. The summed E-state index contributed by atoms with van der Waals surface area (Å²) in [7, 11) is 2.99. The monoisotopic (exact) mass is 352 g/mol. The number of rotatable bonds is 6. The van der Waals surface area contributed by atoms with Gasteiger partial charge in [0.15, 0.2) is 18.3 Å². The fraction of sp³-hybridized carbons (Fsp3) is 0.529. The Bertz CT molecular complexity index is 607. The second-order valence-corrected chi connectivity index (χ2v) is 5.73. The average molecular weight is 352 g/mol. The smallest absolute Gasteiger partial charge is 0.408 e. The van der Waals surface area contributed by atoms with Gasteiger partial charge in [-0.25, -0.2) is 4.79 Å². The number of ether oxygens (including phenoxy) is 3. The van der Waals surface area contributed by atoms with Crippen molar-refractivity contribution in [1.29, 1.82) is 0 Å². The molecule has 2 amide bonds. The molecular formula is C17H24N2O6. The first-order valence-electron chi connectivity index (χ1n) is 8.17. The van der Waals surface area contributed by atoms with Gasteiger partial charge in [-0.1, -0.05) is 6.42 Å². The van der Waals surface area contributed by atoms with Crippen LogP contribution in [0.25, 0.3) is 0 Å². The van der Waals surface area contributed by atoms with E-state index in [1.54, 1.807) is 18.2 Å². The second kappa shape index (κ2) is 9.12. The minimum Gasteiger partial charge on any atom is -0.493 e. The highest BCUT2D eigenvalue weighted by Gasteiger charge is 2.26. The van der Waals surface area contributed by atoms with Crippen LogP contribution in [0, 0.1) is 0 Å². The van der Waals surface area contributed by atoms with Crippen LogP contribution in [-0.2, 0) is 4.74 Å². The third-order valence-electron chi connectivity index (χ3n) is 4.05. The Hall–Kier alpha value is -2.48. The van der Waals surface area contributed by atoms with Gasteiger partial charge in [-0.2, -0.15) is 0 Å². The number of hydrogen-bond donors (Lipinski definition) is 2. The van der Waals surface area contributed by atoms with Crippen LogP contribution in [0.15, 0.2) is 18.2 Å². The minimum atomic E-state index is -1.02. The second-order valence-electron chi connectivity index (χ2n) is 5.73. The standard InChI is InChI=1S/C17H24N2O6/c1-23-11-25-13-8-7-12(10-14(13)24-2)16(20)18-15-6-4-3-5-9-19(15)17(21)22/h7-8,10,15H,3-6,9,11H2,1-2H3,(H,18,20)(H,21,22). The highest BCUT2D eigenvalue weighted by molar-refractivity contribution is 5.95. The zero-order chi connectivity index (χ0) is 18.2. The molecule has 8 nitrogen and oxygen atoms in total. The van der Waals surface area contributed by atoms with Crippen LogP contribution >= 0.6 is 0 Å². The first-order chi connectivity index (χ1) is 12.1. The lowest BCUT2D eigenvalue weighted by molar-refractivity contribution is 0.0491. The molecule has 0 spiro atoms. The lowest BCUT2D eigenvalue weighted by Gasteiger charge is -2.28. The summed E-state index contributed by atoms with van der Waals surface area (Å²) in [5.41, 5.74) is 0.371. The molecule has 1 aliphatic rings. The molecule has 1 fully saturated rings. The lowest BCUT2D eigenvalue weighted by atomic mass is 10.1. The van der Waals surface area contributed by atoms with E-state index in [0.29, 0.717) is 30.0 Å². The van der Waals surface area contributed by atoms with Crippen molar-refractivity contribution in [3.8, 4) is 11.5 Å².